The molecule has 33 heavy (non-hydrogen) atoms. The Bertz CT molecular complexity index is 773. The SMILES string of the molecule is CCC(CC)(CC)c1ccc(C(F)(c2ccc(C(CC)(CC)CC)cc2)[C@@H]2CCCN2)cc1. The summed E-state index contributed by atoms with van der Waals surface area (Å²) in [5.41, 5.74) is 3.10. The molecule has 0 aromatic heterocycles. The first-order chi connectivity index (χ1) is 15.9. The minimum atomic E-state index is -1.52. The van der Waals surface area contributed by atoms with Crippen molar-refractivity contribution >= 4 is 0 Å². The molecule has 2 aromatic rings. The van der Waals surface area contributed by atoms with E-state index in [1.807, 2.05) is 0 Å². The lowest BCUT2D eigenvalue weighted by Gasteiger charge is -2.36. The minimum Gasteiger partial charge on any atom is -0.310 e. The summed E-state index contributed by atoms with van der Waals surface area (Å²) in [6.07, 6.45) is 8.56. The summed E-state index contributed by atoms with van der Waals surface area (Å²) in [4.78, 5) is 0. The zero-order valence-electron chi connectivity index (χ0n) is 21.9. The summed E-state index contributed by atoms with van der Waals surface area (Å²) in [6, 6.07) is 16.8. The molecule has 2 heteroatoms. The van der Waals surface area contributed by atoms with E-state index < -0.39 is 5.67 Å². The van der Waals surface area contributed by atoms with Crippen LogP contribution in [0.1, 0.15) is 115 Å². The molecule has 0 spiro atoms. The predicted molar refractivity (Wildman–Crippen MR) is 141 cm³/mol. The van der Waals surface area contributed by atoms with Crippen LogP contribution in [0.4, 0.5) is 4.39 Å². The molecule has 1 aliphatic rings. The second-order valence-corrected chi connectivity index (χ2v) is 10.2. The standard InChI is InChI=1S/C31H46FN/c1-7-29(8-2,9-3)24-15-19-26(20-16-24)31(32,28-14-13-23-33-28)27-21-17-25(18-22-27)30(10-4,11-5)12-6/h15-22,28,33H,7-14,23H2,1-6H3/t28-/m0/s1. The highest BCUT2D eigenvalue weighted by Crippen LogP contribution is 2.43. The van der Waals surface area contributed by atoms with Crippen molar-refractivity contribution in [1.82, 2.24) is 5.32 Å². The molecule has 1 heterocycles. The number of hydrogen-bond acceptors (Lipinski definition) is 1. The number of alkyl halides is 1. The molecule has 1 fully saturated rings. The van der Waals surface area contributed by atoms with Gasteiger partial charge in [0.15, 0.2) is 5.67 Å². The lowest BCUT2D eigenvalue weighted by Crippen LogP contribution is -2.43. The Labute approximate surface area is 202 Å². The molecule has 0 radical (unpaired) electrons. The Morgan fingerprint density at radius 1 is 0.636 bits per heavy atom. The van der Waals surface area contributed by atoms with Crippen LogP contribution >= 0.6 is 0 Å². The van der Waals surface area contributed by atoms with Gasteiger partial charge in [0.2, 0.25) is 0 Å². The third kappa shape index (κ3) is 4.53. The van der Waals surface area contributed by atoms with Crippen molar-refractivity contribution in [2.24, 2.45) is 0 Å². The third-order valence-corrected chi connectivity index (χ3v) is 9.44. The van der Waals surface area contributed by atoms with Crippen LogP contribution in [0, 0.1) is 0 Å². The van der Waals surface area contributed by atoms with Gasteiger partial charge in [-0.25, -0.2) is 4.39 Å². The van der Waals surface area contributed by atoms with E-state index in [9.17, 15) is 0 Å². The van der Waals surface area contributed by atoms with E-state index in [1.165, 1.54) is 11.1 Å². The molecular weight excluding hydrogens is 405 g/mol. The van der Waals surface area contributed by atoms with Gasteiger partial charge in [0.25, 0.3) is 0 Å². The fourth-order valence-corrected chi connectivity index (χ4v) is 6.45. The normalized spacial score (nSPS) is 17.5. The maximum Gasteiger partial charge on any atom is 0.176 e. The molecule has 3 rings (SSSR count). The summed E-state index contributed by atoms with van der Waals surface area (Å²) < 4.78 is 17.2. The average Bonchev–Trinajstić information content (AvgIpc) is 3.43. The molecule has 1 aliphatic heterocycles. The number of halogens is 1. The Kier molecular flexibility index (Phi) is 8.43. The van der Waals surface area contributed by atoms with E-state index in [0.29, 0.717) is 0 Å². The lowest BCUT2D eigenvalue weighted by atomic mass is 9.72. The molecule has 0 saturated carbocycles. The molecule has 0 aliphatic carbocycles. The van der Waals surface area contributed by atoms with Gasteiger partial charge in [-0.2, -0.15) is 0 Å². The van der Waals surface area contributed by atoms with Crippen LogP contribution < -0.4 is 5.32 Å². The van der Waals surface area contributed by atoms with Crippen molar-refractivity contribution in [3.05, 3.63) is 70.8 Å². The fraction of sp³-hybridized carbons (Fsp3) is 0.613. The third-order valence-electron chi connectivity index (χ3n) is 9.44. The van der Waals surface area contributed by atoms with E-state index in [4.69, 9.17) is 0 Å². The van der Waals surface area contributed by atoms with E-state index in [0.717, 1.165) is 69.0 Å². The quantitative estimate of drug-likeness (QED) is 0.361. The van der Waals surface area contributed by atoms with Gasteiger partial charge in [0.1, 0.15) is 0 Å². The Hall–Kier alpha value is -1.67. The molecular formula is C31H46FN. The van der Waals surface area contributed by atoms with Crippen LogP contribution in [0.2, 0.25) is 0 Å². The van der Waals surface area contributed by atoms with Crippen molar-refractivity contribution in [2.45, 2.75) is 115 Å². The maximum absolute atomic E-state index is 17.2. The van der Waals surface area contributed by atoms with Crippen LogP contribution in [-0.4, -0.2) is 12.6 Å². The molecule has 2 aromatic carbocycles. The van der Waals surface area contributed by atoms with E-state index in [2.05, 4.69) is 95.4 Å². The van der Waals surface area contributed by atoms with E-state index in [1.54, 1.807) is 0 Å². The Morgan fingerprint density at radius 3 is 1.24 bits per heavy atom. The largest absolute Gasteiger partial charge is 0.310 e. The minimum absolute atomic E-state index is 0.184. The van der Waals surface area contributed by atoms with Crippen LogP contribution in [0.15, 0.2) is 48.5 Å². The van der Waals surface area contributed by atoms with E-state index in [-0.39, 0.29) is 16.9 Å². The van der Waals surface area contributed by atoms with Crippen molar-refractivity contribution in [2.75, 3.05) is 6.54 Å². The van der Waals surface area contributed by atoms with Gasteiger partial charge >= 0.3 is 0 Å². The number of hydrogen-bond donors (Lipinski definition) is 1. The van der Waals surface area contributed by atoms with Gasteiger partial charge in [-0.3, -0.25) is 0 Å². The lowest BCUT2D eigenvalue weighted by molar-refractivity contribution is 0.163. The van der Waals surface area contributed by atoms with Crippen LogP contribution in [0.25, 0.3) is 0 Å². The summed E-state index contributed by atoms with van der Waals surface area (Å²) in [6.45, 7) is 14.5. The molecule has 1 N–H and O–H groups in total. The van der Waals surface area contributed by atoms with Crippen molar-refractivity contribution < 1.29 is 4.39 Å². The van der Waals surface area contributed by atoms with Gasteiger partial charge in [-0.1, -0.05) is 90.1 Å². The van der Waals surface area contributed by atoms with Crippen molar-refractivity contribution in [3.8, 4) is 0 Å². The van der Waals surface area contributed by atoms with Crippen LogP contribution in [-0.2, 0) is 16.5 Å². The second kappa shape index (κ2) is 10.7. The Balaban J connectivity index is 2.04. The first-order valence-electron chi connectivity index (χ1n) is 13.5. The second-order valence-electron chi connectivity index (χ2n) is 10.2. The van der Waals surface area contributed by atoms with Crippen LogP contribution in [0.5, 0.6) is 0 Å². The molecule has 1 nitrogen and oxygen atoms in total. The summed E-state index contributed by atoms with van der Waals surface area (Å²) in [5, 5.41) is 3.48. The van der Waals surface area contributed by atoms with Crippen molar-refractivity contribution in [1.29, 1.82) is 0 Å². The van der Waals surface area contributed by atoms with Crippen LogP contribution in [0.3, 0.4) is 0 Å². The number of nitrogens with one attached hydrogen (secondary N) is 1. The molecule has 0 bridgehead atoms. The van der Waals surface area contributed by atoms with Gasteiger partial charge in [-0.15, -0.1) is 0 Å². The summed E-state index contributed by atoms with van der Waals surface area (Å²) in [7, 11) is 0. The van der Waals surface area contributed by atoms with E-state index >= 15 is 4.39 Å². The molecule has 1 saturated heterocycles. The first-order valence-corrected chi connectivity index (χ1v) is 13.5. The maximum atomic E-state index is 17.2. The topological polar surface area (TPSA) is 12.0 Å². The highest BCUT2D eigenvalue weighted by molar-refractivity contribution is 5.43. The van der Waals surface area contributed by atoms with Gasteiger partial charge in [0.05, 0.1) is 0 Å². The average molecular weight is 452 g/mol. The smallest absolute Gasteiger partial charge is 0.176 e. The fourth-order valence-electron chi connectivity index (χ4n) is 6.45. The Morgan fingerprint density at radius 2 is 0.970 bits per heavy atom. The zero-order valence-corrected chi connectivity index (χ0v) is 21.9. The van der Waals surface area contributed by atoms with Gasteiger partial charge in [-0.05, 0) is 91.0 Å². The molecule has 0 unspecified atom stereocenters. The number of rotatable bonds is 11. The first kappa shape index (κ1) is 25.9. The molecule has 182 valence electrons. The monoisotopic (exact) mass is 451 g/mol. The molecule has 1 atom stereocenters. The number of benzene rings is 2. The predicted octanol–water partition coefficient (Wildman–Crippen LogP) is 8.59. The highest BCUT2D eigenvalue weighted by atomic mass is 19.1. The van der Waals surface area contributed by atoms with Gasteiger partial charge in [0, 0.05) is 6.04 Å². The summed E-state index contributed by atoms with van der Waals surface area (Å²) >= 11 is 0. The van der Waals surface area contributed by atoms with Crippen molar-refractivity contribution in [3.63, 3.8) is 0 Å². The highest BCUT2D eigenvalue weighted by Gasteiger charge is 2.44. The summed E-state index contributed by atoms with van der Waals surface area (Å²) in [5.74, 6) is 0. The van der Waals surface area contributed by atoms with Gasteiger partial charge < -0.3 is 5.32 Å². The molecule has 0 amide bonds. The zero-order chi connectivity index (χ0) is 24.1.